The molecule has 0 bridgehead atoms. The second-order valence-electron chi connectivity index (χ2n) is 2.97. The maximum Gasteiger partial charge on any atom is 0.342 e. The Morgan fingerprint density at radius 2 is 2.40 bits per heavy atom. The first-order chi connectivity index (χ1) is 7.15. The standard InChI is InChI=1S/C9H12N2O3S/c1-15-4-2-3-7-10-5-6(9(13)14)8(12)11-7/h5H,2-4H2,1H3,(H,13,14)(H,10,11,12). The Morgan fingerprint density at radius 3 is 2.93 bits per heavy atom. The molecule has 5 nitrogen and oxygen atoms in total. The van der Waals surface area contributed by atoms with E-state index < -0.39 is 11.5 Å². The number of thioether (sulfide) groups is 1. The number of carbonyl (C=O) groups is 1. The van der Waals surface area contributed by atoms with Crippen molar-refractivity contribution in [2.24, 2.45) is 0 Å². The van der Waals surface area contributed by atoms with E-state index in [1.165, 1.54) is 0 Å². The van der Waals surface area contributed by atoms with Gasteiger partial charge in [-0.1, -0.05) is 0 Å². The highest BCUT2D eigenvalue weighted by atomic mass is 32.2. The van der Waals surface area contributed by atoms with Crippen molar-refractivity contribution in [3.8, 4) is 0 Å². The van der Waals surface area contributed by atoms with Gasteiger partial charge in [-0.05, 0) is 18.4 Å². The Labute approximate surface area is 90.9 Å². The number of aromatic amines is 1. The van der Waals surface area contributed by atoms with Crippen LogP contribution < -0.4 is 5.56 Å². The van der Waals surface area contributed by atoms with Crippen LogP contribution in [0.3, 0.4) is 0 Å². The predicted octanol–water partition coefficient (Wildman–Crippen LogP) is 0.764. The van der Waals surface area contributed by atoms with Gasteiger partial charge in [0, 0.05) is 12.6 Å². The van der Waals surface area contributed by atoms with Crippen LogP contribution in [0.15, 0.2) is 11.0 Å². The fraction of sp³-hybridized carbons (Fsp3) is 0.444. The van der Waals surface area contributed by atoms with Crippen LogP contribution in [0, 0.1) is 0 Å². The van der Waals surface area contributed by atoms with Gasteiger partial charge in [0.2, 0.25) is 0 Å². The summed E-state index contributed by atoms with van der Waals surface area (Å²) < 4.78 is 0. The van der Waals surface area contributed by atoms with Gasteiger partial charge in [0.05, 0.1) is 0 Å². The van der Waals surface area contributed by atoms with Crippen molar-refractivity contribution in [3.05, 3.63) is 27.9 Å². The number of carboxylic acids is 1. The minimum Gasteiger partial charge on any atom is -0.477 e. The maximum absolute atomic E-state index is 11.2. The summed E-state index contributed by atoms with van der Waals surface area (Å²) in [5.41, 5.74) is -0.903. The number of H-pyrrole nitrogens is 1. The lowest BCUT2D eigenvalue weighted by atomic mass is 10.3. The van der Waals surface area contributed by atoms with E-state index in [0.717, 1.165) is 18.4 Å². The molecule has 15 heavy (non-hydrogen) atoms. The third kappa shape index (κ3) is 3.39. The topological polar surface area (TPSA) is 83.0 Å². The van der Waals surface area contributed by atoms with Gasteiger partial charge < -0.3 is 10.1 Å². The van der Waals surface area contributed by atoms with E-state index in [9.17, 15) is 9.59 Å². The van der Waals surface area contributed by atoms with Crippen LogP contribution in [-0.2, 0) is 6.42 Å². The Kier molecular flexibility index (Phi) is 4.36. The third-order valence-electron chi connectivity index (χ3n) is 1.84. The minimum absolute atomic E-state index is 0.316. The van der Waals surface area contributed by atoms with Crippen LogP contribution in [0.25, 0.3) is 0 Å². The average molecular weight is 228 g/mol. The molecule has 0 aliphatic heterocycles. The second kappa shape index (κ2) is 5.55. The highest BCUT2D eigenvalue weighted by Crippen LogP contribution is 2.00. The van der Waals surface area contributed by atoms with Crippen molar-refractivity contribution in [1.29, 1.82) is 0 Å². The molecule has 0 fully saturated rings. The molecule has 0 aliphatic rings. The first kappa shape index (κ1) is 11.8. The molecule has 82 valence electrons. The molecule has 0 amide bonds. The first-order valence-electron chi connectivity index (χ1n) is 4.45. The van der Waals surface area contributed by atoms with Crippen molar-refractivity contribution < 1.29 is 9.90 Å². The zero-order valence-corrected chi connectivity index (χ0v) is 9.13. The number of nitrogens with one attached hydrogen (secondary N) is 1. The summed E-state index contributed by atoms with van der Waals surface area (Å²) in [4.78, 5) is 28.1. The third-order valence-corrected chi connectivity index (χ3v) is 2.54. The van der Waals surface area contributed by atoms with E-state index in [4.69, 9.17) is 5.11 Å². The molecule has 6 heteroatoms. The summed E-state index contributed by atoms with van der Waals surface area (Å²) in [6.45, 7) is 0. The molecule has 0 radical (unpaired) electrons. The van der Waals surface area contributed by atoms with Gasteiger partial charge in [-0.3, -0.25) is 4.79 Å². The molecule has 2 N–H and O–H groups in total. The Morgan fingerprint density at radius 1 is 1.67 bits per heavy atom. The van der Waals surface area contributed by atoms with Crippen LogP contribution in [0.1, 0.15) is 22.6 Å². The molecular formula is C9H12N2O3S. The summed E-state index contributed by atoms with van der Waals surface area (Å²) in [6, 6.07) is 0. The average Bonchev–Trinajstić information content (AvgIpc) is 2.17. The summed E-state index contributed by atoms with van der Waals surface area (Å²) in [5, 5.41) is 8.61. The van der Waals surface area contributed by atoms with Gasteiger partial charge in [0.25, 0.3) is 5.56 Å². The molecule has 1 aromatic rings. The SMILES string of the molecule is CSCCCc1ncc(C(=O)O)c(=O)[nH]1. The Balaban J connectivity index is 2.74. The van der Waals surface area contributed by atoms with Gasteiger partial charge in [-0.25, -0.2) is 9.78 Å². The zero-order chi connectivity index (χ0) is 11.3. The van der Waals surface area contributed by atoms with Crippen LogP contribution in [0.2, 0.25) is 0 Å². The molecule has 0 saturated carbocycles. The lowest BCUT2D eigenvalue weighted by Crippen LogP contribution is -2.20. The fourth-order valence-electron chi connectivity index (χ4n) is 1.10. The molecular weight excluding hydrogens is 216 g/mol. The van der Waals surface area contributed by atoms with Crippen molar-refractivity contribution in [1.82, 2.24) is 9.97 Å². The number of aromatic nitrogens is 2. The molecule has 1 aromatic heterocycles. The van der Waals surface area contributed by atoms with Gasteiger partial charge in [-0.2, -0.15) is 11.8 Å². The van der Waals surface area contributed by atoms with Crippen molar-refractivity contribution in [3.63, 3.8) is 0 Å². The lowest BCUT2D eigenvalue weighted by Gasteiger charge is -1.99. The second-order valence-corrected chi connectivity index (χ2v) is 3.96. The van der Waals surface area contributed by atoms with E-state index in [0.29, 0.717) is 12.2 Å². The highest BCUT2D eigenvalue weighted by molar-refractivity contribution is 7.98. The molecule has 1 heterocycles. The van der Waals surface area contributed by atoms with Crippen molar-refractivity contribution in [2.75, 3.05) is 12.0 Å². The van der Waals surface area contributed by atoms with E-state index in [1.807, 2.05) is 6.26 Å². The lowest BCUT2D eigenvalue weighted by molar-refractivity contribution is 0.0694. The summed E-state index contributed by atoms with van der Waals surface area (Å²) in [7, 11) is 0. The Hall–Kier alpha value is -1.30. The fourth-order valence-corrected chi connectivity index (χ4v) is 1.53. The summed E-state index contributed by atoms with van der Waals surface area (Å²) >= 11 is 1.72. The number of hydrogen-bond acceptors (Lipinski definition) is 4. The number of nitrogens with zero attached hydrogens (tertiary/aromatic N) is 1. The number of hydrogen-bond donors (Lipinski definition) is 2. The van der Waals surface area contributed by atoms with Crippen LogP contribution in [0.5, 0.6) is 0 Å². The van der Waals surface area contributed by atoms with Gasteiger partial charge in [0.15, 0.2) is 0 Å². The van der Waals surface area contributed by atoms with E-state index >= 15 is 0 Å². The number of aromatic carboxylic acids is 1. The van der Waals surface area contributed by atoms with Crippen LogP contribution in [-0.4, -0.2) is 33.1 Å². The Bertz CT molecular complexity index is 403. The number of carboxylic acid groups (broad SMARTS) is 1. The van der Waals surface area contributed by atoms with E-state index in [-0.39, 0.29) is 5.56 Å². The monoisotopic (exact) mass is 228 g/mol. The zero-order valence-electron chi connectivity index (χ0n) is 8.32. The van der Waals surface area contributed by atoms with Crippen LogP contribution in [0.4, 0.5) is 0 Å². The molecule has 1 rings (SSSR count). The summed E-state index contributed by atoms with van der Waals surface area (Å²) in [6.07, 6.45) is 4.69. The largest absolute Gasteiger partial charge is 0.477 e. The van der Waals surface area contributed by atoms with Gasteiger partial charge in [-0.15, -0.1) is 0 Å². The molecule has 0 aliphatic carbocycles. The summed E-state index contributed by atoms with van der Waals surface area (Å²) in [5.74, 6) is 0.281. The molecule has 0 aromatic carbocycles. The quantitative estimate of drug-likeness (QED) is 0.727. The van der Waals surface area contributed by atoms with Gasteiger partial charge >= 0.3 is 5.97 Å². The van der Waals surface area contributed by atoms with Crippen molar-refractivity contribution in [2.45, 2.75) is 12.8 Å². The first-order valence-corrected chi connectivity index (χ1v) is 5.85. The highest BCUT2D eigenvalue weighted by Gasteiger charge is 2.09. The molecule has 0 unspecified atom stereocenters. The number of rotatable bonds is 5. The van der Waals surface area contributed by atoms with Gasteiger partial charge in [0.1, 0.15) is 11.4 Å². The van der Waals surface area contributed by atoms with Crippen LogP contribution >= 0.6 is 11.8 Å². The molecule has 0 spiro atoms. The van der Waals surface area contributed by atoms with E-state index in [2.05, 4.69) is 9.97 Å². The predicted molar refractivity (Wildman–Crippen MR) is 58.5 cm³/mol. The van der Waals surface area contributed by atoms with E-state index in [1.54, 1.807) is 11.8 Å². The normalized spacial score (nSPS) is 10.2. The number of aryl methyl sites for hydroxylation is 1. The minimum atomic E-state index is -1.25. The van der Waals surface area contributed by atoms with Crippen molar-refractivity contribution >= 4 is 17.7 Å². The molecule has 0 saturated heterocycles. The maximum atomic E-state index is 11.2. The molecule has 0 atom stereocenters. The smallest absolute Gasteiger partial charge is 0.342 e.